The van der Waals surface area contributed by atoms with Crippen molar-refractivity contribution in [3.8, 4) is 5.75 Å². The predicted molar refractivity (Wildman–Crippen MR) is 130 cm³/mol. The maximum Gasteiger partial charge on any atom is 0.228 e. The molecule has 176 valence electrons. The summed E-state index contributed by atoms with van der Waals surface area (Å²) in [7, 11) is 1.86. The molecule has 6 atom stereocenters. The van der Waals surface area contributed by atoms with Crippen LogP contribution >= 0.6 is 0 Å². The van der Waals surface area contributed by atoms with Gasteiger partial charge in [-0.1, -0.05) is 43.3 Å². The van der Waals surface area contributed by atoms with Crippen LogP contribution in [0.5, 0.6) is 5.75 Å². The fraction of sp³-hybridized carbons (Fsp3) is 0.552. The molecule has 2 fully saturated rings. The fourth-order valence-corrected chi connectivity index (χ4v) is 7.09. The maximum atomic E-state index is 13.0. The highest BCUT2D eigenvalue weighted by atomic mass is 16.5. The smallest absolute Gasteiger partial charge is 0.228 e. The summed E-state index contributed by atoms with van der Waals surface area (Å²) in [5.41, 5.74) is 3.92. The standard InChI is InChI=1S/C29H37NO3/c1-4-30(3)28(32)25-17-26-24-12-10-20-16-21(33-18-19-8-6-5-7-9-19)11-13-22(20)23(24)14-15-29(26,2)27(25)31/h5-9,11,13,16,23-27,31H,4,10,12,14-15,17-18H2,1-3H3. The lowest BCUT2D eigenvalue weighted by atomic mass is 9.55. The zero-order valence-corrected chi connectivity index (χ0v) is 20.2. The second-order valence-electron chi connectivity index (χ2n) is 10.7. The molecule has 0 radical (unpaired) electrons. The molecule has 1 amide bonds. The fourth-order valence-electron chi connectivity index (χ4n) is 7.09. The van der Waals surface area contributed by atoms with E-state index in [-0.39, 0.29) is 17.2 Å². The normalized spacial score (nSPS) is 32.4. The first-order valence-electron chi connectivity index (χ1n) is 12.6. The Morgan fingerprint density at radius 2 is 1.97 bits per heavy atom. The summed E-state index contributed by atoms with van der Waals surface area (Å²) in [5, 5.41) is 11.3. The van der Waals surface area contributed by atoms with Gasteiger partial charge in [0.25, 0.3) is 0 Å². The molecule has 3 aliphatic carbocycles. The lowest BCUT2D eigenvalue weighted by Crippen LogP contribution is -2.45. The molecule has 0 spiro atoms. The van der Waals surface area contributed by atoms with Crippen LogP contribution in [0.2, 0.25) is 0 Å². The van der Waals surface area contributed by atoms with Crippen LogP contribution in [0.3, 0.4) is 0 Å². The third kappa shape index (κ3) is 3.86. The number of carbonyl (C=O) groups is 1. The molecule has 33 heavy (non-hydrogen) atoms. The number of aryl methyl sites for hydroxylation is 1. The van der Waals surface area contributed by atoms with E-state index in [1.54, 1.807) is 4.90 Å². The molecule has 3 aliphatic rings. The van der Waals surface area contributed by atoms with E-state index in [9.17, 15) is 9.90 Å². The second kappa shape index (κ2) is 8.79. The molecular formula is C29H37NO3. The number of hydrogen-bond acceptors (Lipinski definition) is 3. The van der Waals surface area contributed by atoms with Crippen molar-refractivity contribution in [2.24, 2.45) is 23.2 Å². The molecule has 4 nitrogen and oxygen atoms in total. The van der Waals surface area contributed by atoms with Gasteiger partial charge >= 0.3 is 0 Å². The number of nitrogens with zero attached hydrogens (tertiary/aromatic N) is 1. The van der Waals surface area contributed by atoms with Crippen molar-refractivity contribution in [2.75, 3.05) is 13.6 Å². The number of aliphatic hydroxyl groups excluding tert-OH is 1. The molecule has 0 aliphatic heterocycles. The third-order valence-corrected chi connectivity index (χ3v) is 9.12. The maximum absolute atomic E-state index is 13.0. The Kier molecular flexibility index (Phi) is 5.98. The molecule has 6 unspecified atom stereocenters. The van der Waals surface area contributed by atoms with Crippen molar-refractivity contribution in [3.63, 3.8) is 0 Å². The first-order chi connectivity index (χ1) is 15.9. The van der Waals surface area contributed by atoms with Gasteiger partial charge in [0.1, 0.15) is 12.4 Å². The SMILES string of the molecule is CCN(C)C(=O)C1CC2C3CCc4cc(OCc5ccccc5)ccc4C3CCC2(C)C1O. The van der Waals surface area contributed by atoms with Gasteiger partial charge in [0.2, 0.25) is 5.91 Å². The highest BCUT2D eigenvalue weighted by Gasteiger charge is 2.59. The number of rotatable bonds is 5. The minimum atomic E-state index is -0.528. The van der Waals surface area contributed by atoms with Crippen LogP contribution in [0.15, 0.2) is 48.5 Å². The van der Waals surface area contributed by atoms with E-state index in [1.165, 1.54) is 16.7 Å². The minimum Gasteiger partial charge on any atom is -0.489 e. The molecule has 2 aromatic carbocycles. The van der Waals surface area contributed by atoms with E-state index in [2.05, 4.69) is 37.3 Å². The summed E-state index contributed by atoms with van der Waals surface area (Å²) in [6.07, 6.45) is 4.57. The molecule has 2 aromatic rings. The van der Waals surface area contributed by atoms with Crippen LogP contribution in [-0.4, -0.2) is 35.6 Å². The Morgan fingerprint density at radius 3 is 2.73 bits per heavy atom. The molecule has 1 N–H and O–H groups in total. The van der Waals surface area contributed by atoms with Crippen LogP contribution in [0.25, 0.3) is 0 Å². The van der Waals surface area contributed by atoms with Crippen molar-refractivity contribution < 1.29 is 14.6 Å². The molecule has 0 saturated heterocycles. The van der Waals surface area contributed by atoms with E-state index in [0.717, 1.165) is 37.9 Å². The van der Waals surface area contributed by atoms with E-state index >= 15 is 0 Å². The highest BCUT2D eigenvalue weighted by Crippen LogP contribution is 2.62. The largest absolute Gasteiger partial charge is 0.489 e. The van der Waals surface area contributed by atoms with E-state index < -0.39 is 6.10 Å². The van der Waals surface area contributed by atoms with Gasteiger partial charge in [-0.05, 0) is 91.0 Å². The second-order valence-corrected chi connectivity index (χ2v) is 10.7. The predicted octanol–water partition coefficient (Wildman–Crippen LogP) is 5.19. The van der Waals surface area contributed by atoms with Gasteiger partial charge in [-0.2, -0.15) is 0 Å². The lowest BCUT2D eigenvalue weighted by molar-refractivity contribution is -0.138. The minimum absolute atomic E-state index is 0.119. The van der Waals surface area contributed by atoms with Gasteiger partial charge in [0, 0.05) is 13.6 Å². The summed E-state index contributed by atoms with van der Waals surface area (Å²) >= 11 is 0. The lowest BCUT2D eigenvalue weighted by Gasteiger charge is -2.50. The first-order valence-corrected chi connectivity index (χ1v) is 12.6. The zero-order chi connectivity index (χ0) is 23.2. The summed E-state index contributed by atoms with van der Waals surface area (Å²) < 4.78 is 6.09. The van der Waals surface area contributed by atoms with Crippen molar-refractivity contribution in [3.05, 3.63) is 65.2 Å². The molecule has 5 rings (SSSR count). The number of aliphatic hydroxyl groups is 1. The van der Waals surface area contributed by atoms with Gasteiger partial charge in [-0.15, -0.1) is 0 Å². The summed E-state index contributed by atoms with van der Waals surface area (Å²) in [6.45, 7) is 5.52. The Hall–Kier alpha value is -2.33. The van der Waals surface area contributed by atoms with Crippen LogP contribution in [0, 0.1) is 23.2 Å². The van der Waals surface area contributed by atoms with Gasteiger partial charge in [0.05, 0.1) is 12.0 Å². The van der Waals surface area contributed by atoms with E-state index in [4.69, 9.17) is 4.74 Å². The van der Waals surface area contributed by atoms with Gasteiger partial charge in [0.15, 0.2) is 0 Å². The molecule has 0 bridgehead atoms. The van der Waals surface area contributed by atoms with Gasteiger partial charge in [-0.3, -0.25) is 4.79 Å². The first kappa shape index (κ1) is 22.5. The molecule has 0 aromatic heterocycles. The average molecular weight is 448 g/mol. The van der Waals surface area contributed by atoms with Crippen LogP contribution in [0.1, 0.15) is 62.1 Å². The molecule has 0 heterocycles. The van der Waals surface area contributed by atoms with Crippen molar-refractivity contribution in [2.45, 2.75) is 64.6 Å². The monoisotopic (exact) mass is 447 g/mol. The summed E-state index contributed by atoms with van der Waals surface area (Å²) in [4.78, 5) is 14.8. The Labute approximate surface area is 198 Å². The van der Waals surface area contributed by atoms with E-state index in [1.807, 2.05) is 32.2 Å². The van der Waals surface area contributed by atoms with Crippen molar-refractivity contribution in [1.82, 2.24) is 4.90 Å². The molecule has 2 saturated carbocycles. The van der Waals surface area contributed by atoms with Gasteiger partial charge < -0.3 is 14.7 Å². The number of hydrogen-bond donors (Lipinski definition) is 1. The van der Waals surface area contributed by atoms with Crippen LogP contribution in [-0.2, 0) is 17.8 Å². The number of fused-ring (bicyclic) bond motifs is 5. The average Bonchev–Trinajstić information content (AvgIpc) is 3.12. The molecular weight excluding hydrogens is 410 g/mol. The quantitative estimate of drug-likeness (QED) is 0.686. The summed E-state index contributed by atoms with van der Waals surface area (Å²) in [5.74, 6) is 2.30. The number of ether oxygens (including phenoxy) is 1. The number of benzene rings is 2. The van der Waals surface area contributed by atoms with Crippen LogP contribution in [0.4, 0.5) is 0 Å². The Morgan fingerprint density at radius 1 is 1.18 bits per heavy atom. The van der Waals surface area contributed by atoms with Gasteiger partial charge in [-0.25, -0.2) is 0 Å². The third-order valence-electron chi connectivity index (χ3n) is 9.12. The highest BCUT2D eigenvalue weighted by molar-refractivity contribution is 5.79. The van der Waals surface area contributed by atoms with Crippen LogP contribution < -0.4 is 4.74 Å². The number of amides is 1. The Bertz CT molecular complexity index is 1010. The topological polar surface area (TPSA) is 49.8 Å². The number of carbonyl (C=O) groups excluding carboxylic acids is 1. The van der Waals surface area contributed by atoms with Crippen molar-refractivity contribution >= 4 is 5.91 Å². The van der Waals surface area contributed by atoms with E-state index in [0.29, 0.717) is 30.9 Å². The molecule has 4 heteroatoms. The Balaban J connectivity index is 1.33. The summed E-state index contributed by atoms with van der Waals surface area (Å²) in [6, 6.07) is 17.0. The van der Waals surface area contributed by atoms with Crippen molar-refractivity contribution in [1.29, 1.82) is 0 Å². The zero-order valence-electron chi connectivity index (χ0n) is 20.2.